The number of hydrogen-bond acceptors (Lipinski definition) is 2. The molecule has 0 aromatic heterocycles. The van der Waals surface area contributed by atoms with E-state index in [0.29, 0.717) is 11.3 Å². The highest BCUT2D eigenvalue weighted by atomic mass is 16.5. The Morgan fingerprint density at radius 2 is 2.11 bits per heavy atom. The van der Waals surface area contributed by atoms with Crippen LogP contribution >= 0.6 is 0 Å². The van der Waals surface area contributed by atoms with Gasteiger partial charge in [-0.15, -0.1) is 0 Å². The average molecular weight is 244 g/mol. The second kappa shape index (κ2) is 4.39. The second-order valence-electron chi connectivity index (χ2n) is 5.60. The van der Waals surface area contributed by atoms with Gasteiger partial charge in [0.05, 0.1) is 0 Å². The van der Waals surface area contributed by atoms with E-state index in [1.807, 2.05) is 6.07 Å². The van der Waals surface area contributed by atoms with Crippen LogP contribution in [0.1, 0.15) is 30.4 Å². The first-order valence-electron chi connectivity index (χ1n) is 6.65. The lowest BCUT2D eigenvalue weighted by Crippen LogP contribution is -2.31. The summed E-state index contributed by atoms with van der Waals surface area (Å²) in [5.41, 5.74) is 2.83. The number of benzene rings is 1. The maximum absolute atomic E-state index is 8.27. The lowest BCUT2D eigenvalue weighted by molar-refractivity contribution is 0.162. The summed E-state index contributed by atoms with van der Waals surface area (Å²) in [7, 11) is 1.77. The molecule has 96 valence electrons. The van der Waals surface area contributed by atoms with Gasteiger partial charge in [0.2, 0.25) is 0 Å². The predicted octanol–water partition coefficient (Wildman–Crippen LogP) is 2.64. The van der Waals surface area contributed by atoms with E-state index >= 15 is 0 Å². The van der Waals surface area contributed by atoms with Gasteiger partial charge in [-0.1, -0.05) is 24.3 Å². The largest absolute Gasteiger partial charge is 0.385 e. The monoisotopic (exact) mass is 244 g/mol. The third-order valence-electron chi connectivity index (χ3n) is 4.27. The van der Waals surface area contributed by atoms with Crippen molar-refractivity contribution in [2.45, 2.75) is 25.8 Å². The Bertz CT molecular complexity index is 465. The van der Waals surface area contributed by atoms with Crippen LogP contribution in [0.15, 0.2) is 24.3 Å². The smallest absolute Gasteiger partial charge is 0.128 e. The van der Waals surface area contributed by atoms with E-state index in [0.717, 1.165) is 31.7 Å². The van der Waals surface area contributed by atoms with Gasteiger partial charge in [0.25, 0.3) is 0 Å². The highest BCUT2D eigenvalue weighted by molar-refractivity contribution is 6.00. The number of fused-ring (bicyclic) bond motifs is 1. The van der Waals surface area contributed by atoms with Crippen LogP contribution in [0, 0.1) is 10.8 Å². The fourth-order valence-electron chi connectivity index (χ4n) is 2.87. The Morgan fingerprint density at radius 3 is 2.78 bits per heavy atom. The quantitative estimate of drug-likeness (QED) is 0.864. The van der Waals surface area contributed by atoms with Gasteiger partial charge in [0.1, 0.15) is 5.84 Å². The molecular formula is C15H20N2O. The molecule has 0 atom stereocenters. The Hall–Kier alpha value is -1.35. The molecule has 3 nitrogen and oxygen atoms in total. The van der Waals surface area contributed by atoms with Crippen molar-refractivity contribution in [2.75, 3.05) is 20.3 Å². The summed E-state index contributed by atoms with van der Waals surface area (Å²) in [4.78, 5) is 2.23. The van der Waals surface area contributed by atoms with E-state index in [1.54, 1.807) is 7.11 Å². The summed E-state index contributed by atoms with van der Waals surface area (Å²) in [5.74, 6) is 0.703. The number of nitrogens with one attached hydrogen (secondary N) is 1. The fourth-order valence-corrected chi connectivity index (χ4v) is 2.87. The summed E-state index contributed by atoms with van der Waals surface area (Å²) in [6, 6.07) is 8.28. The fraction of sp³-hybridized carbons (Fsp3) is 0.533. The molecule has 0 bridgehead atoms. The molecule has 0 spiro atoms. The Balaban J connectivity index is 1.68. The van der Waals surface area contributed by atoms with Crippen molar-refractivity contribution in [3.8, 4) is 0 Å². The highest BCUT2D eigenvalue weighted by Crippen LogP contribution is 2.50. The van der Waals surface area contributed by atoms with Crippen molar-refractivity contribution in [1.29, 1.82) is 5.41 Å². The molecule has 0 saturated heterocycles. The van der Waals surface area contributed by atoms with Crippen molar-refractivity contribution in [2.24, 2.45) is 5.41 Å². The molecule has 1 saturated carbocycles. The first-order valence-corrected chi connectivity index (χ1v) is 6.65. The van der Waals surface area contributed by atoms with E-state index in [-0.39, 0.29) is 0 Å². The summed E-state index contributed by atoms with van der Waals surface area (Å²) in [5, 5.41) is 8.27. The molecule has 0 unspecified atom stereocenters. The SMILES string of the molecule is COCCC1(CN2Cc3ccccc3C2=N)CC1. The Labute approximate surface area is 108 Å². The van der Waals surface area contributed by atoms with Gasteiger partial charge in [-0.2, -0.15) is 0 Å². The maximum atomic E-state index is 8.27. The lowest BCUT2D eigenvalue weighted by atomic mass is 10.0. The summed E-state index contributed by atoms with van der Waals surface area (Å²) in [6.45, 7) is 2.77. The van der Waals surface area contributed by atoms with Crippen molar-refractivity contribution >= 4 is 5.84 Å². The normalized spacial score (nSPS) is 20.1. The second-order valence-corrected chi connectivity index (χ2v) is 5.60. The lowest BCUT2D eigenvalue weighted by Gasteiger charge is -2.24. The number of ether oxygens (including phenoxy) is 1. The molecule has 18 heavy (non-hydrogen) atoms. The van der Waals surface area contributed by atoms with Gasteiger partial charge in [-0.05, 0) is 30.2 Å². The summed E-state index contributed by atoms with van der Waals surface area (Å²) in [6.07, 6.45) is 3.70. The summed E-state index contributed by atoms with van der Waals surface area (Å²) >= 11 is 0. The first-order chi connectivity index (χ1) is 8.74. The van der Waals surface area contributed by atoms with Crippen LogP contribution in [0.3, 0.4) is 0 Å². The zero-order valence-corrected chi connectivity index (χ0v) is 10.9. The van der Waals surface area contributed by atoms with E-state index in [9.17, 15) is 0 Å². The zero-order chi connectivity index (χ0) is 12.6. The molecule has 1 N–H and O–H groups in total. The molecule has 0 radical (unpaired) electrons. The van der Waals surface area contributed by atoms with Crippen LogP contribution in [0.4, 0.5) is 0 Å². The minimum absolute atomic E-state index is 0.421. The molecule has 1 aromatic carbocycles. The molecule has 0 amide bonds. The summed E-state index contributed by atoms with van der Waals surface area (Å²) < 4.78 is 5.20. The number of rotatable bonds is 5. The van der Waals surface area contributed by atoms with Crippen LogP contribution in [0.2, 0.25) is 0 Å². The number of methoxy groups -OCH3 is 1. The maximum Gasteiger partial charge on any atom is 0.128 e. The molecule has 1 aliphatic carbocycles. The Morgan fingerprint density at radius 1 is 1.33 bits per heavy atom. The first kappa shape index (κ1) is 11.7. The molecular weight excluding hydrogens is 224 g/mol. The minimum Gasteiger partial charge on any atom is -0.385 e. The van der Waals surface area contributed by atoms with Crippen LogP contribution in [-0.4, -0.2) is 31.0 Å². The molecule has 3 heteroatoms. The number of amidine groups is 1. The molecule has 1 aromatic rings. The van der Waals surface area contributed by atoms with Crippen LogP contribution in [0.5, 0.6) is 0 Å². The van der Waals surface area contributed by atoms with Crippen molar-refractivity contribution in [3.63, 3.8) is 0 Å². The zero-order valence-electron chi connectivity index (χ0n) is 10.9. The van der Waals surface area contributed by atoms with Crippen molar-refractivity contribution in [1.82, 2.24) is 4.90 Å². The topological polar surface area (TPSA) is 36.3 Å². The van der Waals surface area contributed by atoms with Gasteiger partial charge in [0.15, 0.2) is 0 Å². The van der Waals surface area contributed by atoms with E-state index in [4.69, 9.17) is 10.1 Å². The van der Waals surface area contributed by atoms with Gasteiger partial charge in [0, 0.05) is 32.4 Å². The van der Waals surface area contributed by atoms with Gasteiger partial charge in [-0.3, -0.25) is 5.41 Å². The van der Waals surface area contributed by atoms with Gasteiger partial charge in [-0.25, -0.2) is 0 Å². The van der Waals surface area contributed by atoms with Crippen molar-refractivity contribution in [3.05, 3.63) is 35.4 Å². The van der Waals surface area contributed by atoms with E-state index in [2.05, 4.69) is 23.1 Å². The third kappa shape index (κ3) is 2.03. The average Bonchev–Trinajstić information content (AvgIpc) is 3.08. The standard InChI is InChI=1S/C15H20N2O/c1-18-9-8-15(6-7-15)11-17-10-12-4-2-3-5-13(12)14(17)16/h2-5,16H,6-11H2,1H3. The van der Waals surface area contributed by atoms with Crippen LogP contribution in [0.25, 0.3) is 0 Å². The molecule has 3 rings (SSSR count). The van der Waals surface area contributed by atoms with Gasteiger partial charge < -0.3 is 9.64 Å². The molecule has 1 heterocycles. The van der Waals surface area contributed by atoms with Crippen molar-refractivity contribution < 1.29 is 4.74 Å². The van der Waals surface area contributed by atoms with Gasteiger partial charge >= 0.3 is 0 Å². The molecule has 1 fully saturated rings. The number of nitrogens with zero attached hydrogens (tertiary/aromatic N) is 1. The van der Waals surface area contributed by atoms with Crippen LogP contribution in [-0.2, 0) is 11.3 Å². The minimum atomic E-state index is 0.421. The molecule has 1 aliphatic heterocycles. The third-order valence-corrected chi connectivity index (χ3v) is 4.27. The van der Waals surface area contributed by atoms with E-state index in [1.165, 1.54) is 18.4 Å². The van der Waals surface area contributed by atoms with E-state index < -0.39 is 0 Å². The number of hydrogen-bond donors (Lipinski definition) is 1. The Kier molecular flexibility index (Phi) is 2.86. The molecule has 2 aliphatic rings. The highest BCUT2D eigenvalue weighted by Gasteiger charge is 2.44. The van der Waals surface area contributed by atoms with Crippen LogP contribution < -0.4 is 0 Å². The predicted molar refractivity (Wildman–Crippen MR) is 71.8 cm³/mol.